The molecular formula is C20H34IN3O3. The molecule has 154 valence electrons. The summed E-state index contributed by atoms with van der Waals surface area (Å²) in [5.41, 5.74) is 0.247. The van der Waals surface area contributed by atoms with E-state index in [0.717, 1.165) is 50.1 Å². The van der Waals surface area contributed by atoms with Gasteiger partial charge in [-0.05, 0) is 31.9 Å². The van der Waals surface area contributed by atoms with Crippen molar-refractivity contribution >= 4 is 35.6 Å². The third-order valence-corrected chi connectivity index (χ3v) is 4.52. The van der Waals surface area contributed by atoms with Gasteiger partial charge in [0.05, 0.1) is 18.8 Å². The van der Waals surface area contributed by atoms with E-state index in [0.29, 0.717) is 25.7 Å². The molecule has 0 bridgehead atoms. The van der Waals surface area contributed by atoms with Gasteiger partial charge in [-0.1, -0.05) is 25.3 Å². The van der Waals surface area contributed by atoms with Crippen molar-refractivity contribution in [1.29, 1.82) is 0 Å². The minimum Gasteiger partial charge on any atom is -0.493 e. The van der Waals surface area contributed by atoms with E-state index < -0.39 is 5.60 Å². The summed E-state index contributed by atoms with van der Waals surface area (Å²) in [5, 5.41) is 17.2. The van der Waals surface area contributed by atoms with Gasteiger partial charge in [0.25, 0.3) is 0 Å². The number of benzene rings is 1. The first-order valence-electron chi connectivity index (χ1n) is 9.65. The lowest BCUT2D eigenvalue weighted by molar-refractivity contribution is 0.0132. The predicted molar refractivity (Wildman–Crippen MR) is 121 cm³/mol. The molecule has 1 fully saturated rings. The van der Waals surface area contributed by atoms with Crippen molar-refractivity contribution in [1.82, 2.24) is 5.32 Å². The van der Waals surface area contributed by atoms with Crippen LogP contribution in [0.3, 0.4) is 0 Å². The Morgan fingerprint density at radius 2 is 2.00 bits per heavy atom. The maximum Gasteiger partial charge on any atom is 0.195 e. The molecule has 0 amide bonds. The number of guanidine groups is 1. The normalized spacial score (nSPS) is 16.3. The third-order valence-electron chi connectivity index (χ3n) is 4.52. The van der Waals surface area contributed by atoms with Gasteiger partial charge in [0.1, 0.15) is 5.75 Å². The first kappa shape index (κ1) is 24.0. The van der Waals surface area contributed by atoms with Crippen molar-refractivity contribution in [2.24, 2.45) is 4.99 Å². The molecule has 0 aliphatic heterocycles. The van der Waals surface area contributed by atoms with E-state index in [1.165, 1.54) is 6.42 Å². The summed E-state index contributed by atoms with van der Waals surface area (Å²) in [5.74, 6) is 1.50. The Labute approximate surface area is 180 Å². The fraction of sp³-hybridized carbons (Fsp3) is 0.650. The van der Waals surface area contributed by atoms with Gasteiger partial charge >= 0.3 is 0 Å². The van der Waals surface area contributed by atoms with Crippen LogP contribution in [0.4, 0.5) is 5.69 Å². The highest BCUT2D eigenvalue weighted by molar-refractivity contribution is 14.0. The van der Waals surface area contributed by atoms with Gasteiger partial charge < -0.3 is 25.2 Å². The van der Waals surface area contributed by atoms with Crippen LogP contribution in [0.1, 0.15) is 45.4 Å². The van der Waals surface area contributed by atoms with Crippen LogP contribution in [-0.4, -0.2) is 50.1 Å². The number of hydrogen-bond donors (Lipinski definition) is 3. The van der Waals surface area contributed by atoms with E-state index in [1.807, 2.05) is 31.2 Å². The first-order valence-corrected chi connectivity index (χ1v) is 9.65. The lowest BCUT2D eigenvalue weighted by Crippen LogP contribution is -2.37. The molecule has 2 rings (SSSR count). The molecule has 1 aromatic rings. The Morgan fingerprint density at radius 3 is 2.70 bits per heavy atom. The number of anilines is 1. The average Bonchev–Trinajstić information content (AvgIpc) is 2.65. The number of aliphatic hydroxyl groups is 1. The molecule has 27 heavy (non-hydrogen) atoms. The van der Waals surface area contributed by atoms with E-state index in [9.17, 15) is 5.11 Å². The minimum atomic E-state index is -0.660. The average molecular weight is 491 g/mol. The molecule has 0 aromatic heterocycles. The topological polar surface area (TPSA) is 75.1 Å². The summed E-state index contributed by atoms with van der Waals surface area (Å²) < 4.78 is 10.8. The van der Waals surface area contributed by atoms with E-state index in [2.05, 4.69) is 15.6 Å². The van der Waals surface area contributed by atoms with E-state index >= 15 is 0 Å². The summed E-state index contributed by atoms with van der Waals surface area (Å²) >= 11 is 0. The molecule has 0 spiro atoms. The van der Waals surface area contributed by atoms with Crippen molar-refractivity contribution in [3.63, 3.8) is 0 Å². The standard InChI is InChI=1S/C20H33N3O3.HI/c1-3-21-19(22-16-20(24)11-5-4-6-12-20)23-17-9-7-10-18(15-17)26-14-8-13-25-2;/h7,9-10,15,24H,3-6,8,11-14,16H2,1-2H3,(H2,21,22,23);1H. The van der Waals surface area contributed by atoms with Crippen LogP contribution in [0.2, 0.25) is 0 Å². The Balaban J connectivity index is 0.00000364. The zero-order chi connectivity index (χ0) is 18.7. The summed E-state index contributed by atoms with van der Waals surface area (Å²) in [6.45, 7) is 4.53. The van der Waals surface area contributed by atoms with Gasteiger partial charge in [0.15, 0.2) is 5.96 Å². The number of halogens is 1. The molecule has 7 heteroatoms. The van der Waals surface area contributed by atoms with Crippen LogP contribution < -0.4 is 15.4 Å². The highest BCUT2D eigenvalue weighted by Crippen LogP contribution is 2.28. The van der Waals surface area contributed by atoms with Gasteiger partial charge in [-0.15, -0.1) is 24.0 Å². The summed E-state index contributed by atoms with van der Waals surface area (Å²) in [6.07, 6.45) is 5.90. The van der Waals surface area contributed by atoms with Gasteiger partial charge in [-0.2, -0.15) is 0 Å². The smallest absolute Gasteiger partial charge is 0.195 e. The third kappa shape index (κ3) is 9.12. The summed E-state index contributed by atoms with van der Waals surface area (Å²) in [4.78, 5) is 4.61. The maximum absolute atomic E-state index is 10.6. The van der Waals surface area contributed by atoms with Gasteiger partial charge in [-0.3, -0.25) is 4.99 Å². The zero-order valence-electron chi connectivity index (χ0n) is 16.5. The monoisotopic (exact) mass is 491 g/mol. The SMILES string of the molecule is CCNC(=NCC1(O)CCCCC1)Nc1cccc(OCCCOC)c1.I. The van der Waals surface area contributed by atoms with Crippen molar-refractivity contribution in [2.45, 2.75) is 51.0 Å². The van der Waals surface area contributed by atoms with E-state index in [-0.39, 0.29) is 24.0 Å². The lowest BCUT2D eigenvalue weighted by Gasteiger charge is -2.30. The van der Waals surface area contributed by atoms with Crippen LogP contribution in [0, 0.1) is 0 Å². The van der Waals surface area contributed by atoms with Crippen molar-refractivity contribution in [3.05, 3.63) is 24.3 Å². The van der Waals surface area contributed by atoms with Crippen LogP contribution in [0.5, 0.6) is 5.75 Å². The number of ether oxygens (including phenoxy) is 2. The summed E-state index contributed by atoms with van der Waals surface area (Å²) in [7, 11) is 1.69. The second-order valence-corrected chi connectivity index (χ2v) is 6.83. The van der Waals surface area contributed by atoms with Crippen molar-refractivity contribution < 1.29 is 14.6 Å². The number of rotatable bonds is 9. The predicted octanol–water partition coefficient (Wildman–Crippen LogP) is 3.79. The quantitative estimate of drug-likeness (QED) is 0.212. The zero-order valence-corrected chi connectivity index (χ0v) is 18.8. The van der Waals surface area contributed by atoms with Crippen LogP contribution in [0.15, 0.2) is 29.3 Å². The molecule has 1 aliphatic rings. The molecule has 3 N–H and O–H groups in total. The Kier molecular flexibility index (Phi) is 11.7. The molecule has 1 aliphatic carbocycles. The van der Waals surface area contributed by atoms with E-state index in [4.69, 9.17) is 9.47 Å². The van der Waals surface area contributed by atoms with Crippen LogP contribution >= 0.6 is 24.0 Å². The molecule has 1 aromatic carbocycles. The Morgan fingerprint density at radius 1 is 1.22 bits per heavy atom. The number of nitrogens with zero attached hydrogens (tertiary/aromatic N) is 1. The largest absolute Gasteiger partial charge is 0.493 e. The number of nitrogens with one attached hydrogen (secondary N) is 2. The molecule has 0 saturated heterocycles. The number of hydrogen-bond acceptors (Lipinski definition) is 4. The van der Waals surface area contributed by atoms with E-state index in [1.54, 1.807) is 7.11 Å². The van der Waals surface area contributed by atoms with Crippen molar-refractivity contribution in [2.75, 3.05) is 38.7 Å². The molecule has 0 atom stereocenters. The summed E-state index contributed by atoms with van der Waals surface area (Å²) in [6, 6.07) is 7.82. The van der Waals surface area contributed by atoms with Gasteiger partial charge in [0.2, 0.25) is 0 Å². The second kappa shape index (κ2) is 13.2. The maximum atomic E-state index is 10.6. The molecule has 6 nitrogen and oxygen atoms in total. The Hall–Kier alpha value is -1.06. The minimum absolute atomic E-state index is 0. The lowest BCUT2D eigenvalue weighted by atomic mass is 9.85. The first-order chi connectivity index (χ1) is 12.6. The molecule has 1 saturated carbocycles. The molecule has 0 radical (unpaired) electrons. The fourth-order valence-electron chi connectivity index (χ4n) is 3.09. The molecular weight excluding hydrogens is 457 g/mol. The molecule has 0 heterocycles. The van der Waals surface area contributed by atoms with Crippen LogP contribution in [-0.2, 0) is 4.74 Å². The number of aliphatic imine (C=N–C) groups is 1. The van der Waals surface area contributed by atoms with Crippen LogP contribution in [0.25, 0.3) is 0 Å². The Bertz CT molecular complexity index is 563. The fourth-order valence-corrected chi connectivity index (χ4v) is 3.09. The molecule has 0 unspecified atom stereocenters. The van der Waals surface area contributed by atoms with Gasteiger partial charge in [-0.25, -0.2) is 0 Å². The highest BCUT2D eigenvalue weighted by atomic mass is 127. The van der Waals surface area contributed by atoms with Crippen molar-refractivity contribution in [3.8, 4) is 5.75 Å². The highest BCUT2D eigenvalue weighted by Gasteiger charge is 2.28. The van der Waals surface area contributed by atoms with Gasteiger partial charge in [0, 0.05) is 38.4 Å². The number of methoxy groups -OCH3 is 1. The second-order valence-electron chi connectivity index (χ2n) is 6.83.